The van der Waals surface area contributed by atoms with Gasteiger partial charge in [0.2, 0.25) is 5.95 Å². The second kappa shape index (κ2) is 10.8. The Morgan fingerprint density at radius 1 is 1.05 bits per heavy atom. The molecule has 1 aromatic carbocycles. The van der Waals surface area contributed by atoms with Crippen molar-refractivity contribution in [3.8, 4) is 0 Å². The van der Waals surface area contributed by atoms with Crippen molar-refractivity contribution in [2.75, 3.05) is 43.4 Å². The largest absolute Gasteiger partial charge is 0.465 e. The van der Waals surface area contributed by atoms with Crippen molar-refractivity contribution in [2.45, 2.75) is 64.6 Å². The minimum absolute atomic E-state index is 0.0684. The highest BCUT2D eigenvalue weighted by molar-refractivity contribution is 5.75. The second-order valence-corrected chi connectivity index (χ2v) is 11.8. The van der Waals surface area contributed by atoms with Crippen LogP contribution in [-0.2, 0) is 6.54 Å². The van der Waals surface area contributed by atoms with Crippen LogP contribution >= 0.6 is 0 Å². The molecular weight excluding hydrogens is 480 g/mol. The molecule has 2 aromatic heterocycles. The number of hydrogen-bond acceptors (Lipinski definition) is 7. The molecule has 0 unspecified atom stereocenters. The topological polar surface area (TPSA) is 103 Å². The molecule has 2 aliphatic rings. The van der Waals surface area contributed by atoms with E-state index in [-0.39, 0.29) is 6.04 Å². The molecular formula is C28H40N8O2. The molecule has 2 fully saturated rings. The third-order valence-electron chi connectivity index (χ3n) is 7.91. The molecule has 10 heteroatoms. The zero-order chi connectivity index (χ0) is 26.9. The third kappa shape index (κ3) is 5.85. The minimum atomic E-state index is -0.829. The van der Waals surface area contributed by atoms with Gasteiger partial charge in [-0.1, -0.05) is 0 Å². The van der Waals surface area contributed by atoms with Gasteiger partial charge in [0, 0.05) is 61.9 Å². The van der Waals surface area contributed by atoms with Gasteiger partial charge in [0.1, 0.15) is 0 Å². The Morgan fingerprint density at radius 3 is 2.37 bits per heavy atom. The molecule has 204 valence electrons. The summed E-state index contributed by atoms with van der Waals surface area (Å²) in [5.41, 5.74) is 2.61. The SMILES string of the molecule is CN1CCN(c2ccc(Nc3ncc4cnn(C[C@H]5CC[C@H](N(C(=O)O)C(C)(C)C)CC5)c4n3)cc2)CC1. The maximum atomic E-state index is 11.9. The Hall–Kier alpha value is -3.40. The highest BCUT2D eigenvalue weighted by atomic mass is 16.4. The zero-order valence-electron chi connectivity index (χ0n) is 23.0. The third-order valence-corrected chi connectivity index (χ3v) is 7.91. The molecule has 5 rings (SSSR count). The number of piperazine rings is 1. The van der Waals surface area contributed by atoms with E-state index in [1.54, 1.807) is 4.90 Å². The lowest BCUT2D eigenvalue weighted by Crippen LogP contribution is -2.52. The van der Waals surface area contributed by atoms with Gasteiger partial charge in [-0.15, -0.1) is 0 Å². The molecule has 1 aliphatic heterocycles. The van der Waals surface area contributed by atoms with Crippen molar-refractivity contribution in [3.05, 3.63) is 36.7 Å². The molecule has 1 saturated carbocycles. The fourth-order valence-electron chi connectivity index (χ4n) is 5.83. The molecule has 38 heavy (non-hydrogen) atoms. The number of fused-ring (bicyclic) bond motifs is 1. The van der Waals surface area contributed by atoms with Crippen LogP contribution in [0.25, 0.3) is 11.0 Å². The predicted molar refractivity (Wildman–Crippen MR) is 150 cm³/mol. The van der Waals surface area contributed by atoms with Gasteiger partial charge in [-0.2, -0.15) is 10.1 Å². The number of rotatable bonds is 6. The first-order valence-electron chi connectivity index (χ1n) is 13.7. The molecule has 0 radical (unpaired) electrons. The van der Waals surface area contributed by atoms with Gasteiger partial charge in [0.15, 0.2) is 5.65 Å². The van der Waals surface area contributed by atoms with Crippen molar-refractivity contribution in [3.63, 3.8) is 0 Å². The highest BCUT2D eigenvalue weighted by Crippen LogP contribution is 2.33. The minimum Gasteiger partial charge on any atom is -0.465 e. The van der Waals surface area contributed by atoms with Gasteiger partial charge in [-0.05, 0) is 83.7 Å². The Kier molecular flexibility index (Phi) is 7.43. The van der Waals surface area contributed by atoms with Gasteiger partial charge in [0.05, 0.1) is 11.6 Å². The number of anilines is 3. The van der Waals surface area contributed by atoms with E-state index in [0.717, 1.165) is 75.1 Å². The zero-order valence-corrected chi connectivity index (χ0v) is 23.0. The number of hydrogen-bond donors (Lipinski definition) is 2. The molecule has 1 aliphatic carbocycles. The number of nitrogens with one attached hydrogen (secondary N) is 1. The van der Waals surface area contributed by atoms with E-state index in [2.05, 4.69) is 56.5 Å². The first kappa shape index (κ1) is 26.2. The van der Waals surface area contributed by atoms with Crippen LogP contribution in [0.1, 0.15) is 46.5 Å². The lowest BCUT2D eigenvalue weighted by atomic mass is 9.84. The summed E-state index contributed by atoms with van der Waals surface area (Å²) in [6.45, 7) is 10.9. The molecule has 10 nitrogen and oxygen atoms in total. The van der Waals surface area contributed by atoms with E-state index < -0.39 is 11.6 Å². The summed E-state index contributed by atoms with van der Waals surface area (Å²) < 4.78 is 1.97. The summed E-state index contributed by atoms with van der Waals surface area (Å²) in [5.74, 6) is 0.996. The first-order valence-corrected chi connectivity index (χ1v) is 13.7. The van der Waals surface area contributed by atoms with E-state index >= 15 is 0 Å². The molecule has 0 bridgehead atoms. The van der Waals surface area contributed by atoms with E-state index in [0.29, 0.717) is 11.9 Å². The molecule has 0 spiro atoms. The summed E-state index contributed by atoms with van der Waals surface area (Å²) in [7, 11) is 2.17. The number of carboxylic acid groups (broad SMARTS) is 1. The van der Waals surface area contributed by atoms with E-state index in [9.17, 15) is 9.90 Å². The summed E-state index contributed by atoms with van der Waals surface area (Å²) in [6, 6.07) is 8.53. The van der Waals surface area contributed by atoms with Crippen LogP contribution in [0.3, 0.4) is 0 Å². The molecule has 0 atom stereocenters. The monoisotopic (exact) mass is 520 g/mol. The standard InChI is InChI=1S/C28H40N8O2/c1-28(2,3)36(27(37)38)24-9-5-20(6-10-24)19-35-25-21(18-30-35)17-29-26(32-25)31-22-7-11-23(12-8-22)34-15-13-33(4)14-16-34/h7-8,11-12,17-18,20,24H,5-6,9-10,13-16,19H2,1-4H3,(H,37,38)(H,29,31,32)/t20-,24-. The lowest BCUT2D eigenvalue weighted by Gasteiger charge is -2.42. The average molecular weight is 521 g/mol. The van der Waals surface area contributed by atoms with Crippen molar-refractivity contribution in [1.29, 1.82) is 0 Å². The fourth-order valence-corrected chi connectivity index (χ4v) is 5.83. The summed E-state index contributed by atoms with van der Waals surface area (Å²) in [5, 5.41) is 18.6. The van der Waals surface area contributed by atoms with Crippen molar-refractivity contribution < 1.29 is 9.90 Å². The highest BCUT2D eigenvalue weighted by Gasteiger charge is 2.35. The second-order valence-electron chi connectivity index (χ2n) is 11.8. The number of nitrogens with zero attached hydrogens (tertiary/aromatic N) is 7. The van der Waals surface area contributed by atoms with Gasteiger partial charge in [0.25, 0.3) is 0 Å². The van der Waals surface area contributed by atoms with E-state index in [1.807, 2.05) is 37.8 Å². The van der Waals surface area contributed by atoms with Gasteiger partial charge in [-0.25, -0.2) is 14.5 Å². The van der Waals surface area contributed by atoms with E-state index in [1.165, 1.54) is 5.69 Å². The molecule has 1 saturated heterocycles. The first-order chi connectivity index (χ1) is 18.2. The summed E-state index contributed by atoms with van der Waals surface area (Å²) in [6.07, 6.45) is 6.51. The van der Waals surface area contributed by atoms with Crippen molar-refractivity contribution >= 4 is 34.4 Å². The molecule has 1 amide bonds. The maximum Gasteiger partial charge on any atom is 0.407 e. The lowest BCUT2D eigenvalue weighted by molar-refractivity contribution is 0.0489. The summed E-state index contributed by atoms with van der Waals surface area (Å²) in [4.78, 5) is 27.6. The Balaban J connectivity index is 1.22. The van der Waals surface area contributed by atoms with Crippen molar-refractivity contribution in [1.82, 2.24) is 29.5 Å². The van der Waals surface area contributed by atoms with E-state index in [4.69, 9.17) is 4.98 Å². The smallest absolute Gasteiger partial charge is 0.407 e. The Labute approximate surface area is 224 Å². The van der Waals surface area contributed by atoms with Crippen LogP contribution in [0.2, 0.25) is 0 Å². The Bertz CT molecular complexity index is 1240. The van der Waals surface area contributed by atoms with Gasteiger partial charge >= 0.3 is 6.09 Å². The van der Waals surface area contributed by atoms with Crippen LogP contribution in [0.4, 0.5) is 22.1 Å². The predicted octanol–water partition coefficient (Wildman–Crippen LogP) is 4.66. The fraction of sp³-hybridized carbons (Fsp3) is 0.571. The summed E-state index contributed by atoms with van der Waals surface area (Å²) >= 11 is 0. The normalized spacial score (nSPS) is 21.0. The molecule has 3 aromatic rings. The van der Waals surface area contributed by atoms with Crippen molar-refractivity contribution in [2.24, 2.45) is 5.92 Å². The number of carbonyl (C=O) groups is 1. The Morgan fingerprint density at radius 2 is 1.74 bits per heavy atom. The average Bonchev–Trinajstić information content (AvgIpc) is 3.27. The van der Waals surface area contributed by atoms with Crippen LogP contribution in [0.5, 0.6) is 0 Å². The quantitative estimate of drug-likeness (QED) is 0.484. The maximum absolute atomic E-state index is 11.9. The molecule has 2 N–H and O–H groups in total. The number of benzene rings is 1. The number of aromatic nitrogens is 4. The number of amides is 1. The van der Waals surface area contributed by atoms with Gasteiger partial charge < -0.3 is 25.1 Å². The van der Waals surface area contributed by atoms with Crippen LogP contribution in [-0.4, -0.2) is 85.6 Å². The van der Waals surface area contributed by atoms with Gasteiger partial charge in [-0.3, -0.25) is 0 Å². The van der Waals surface area contributed by atoms with Crippen LogP contribution < -0.4 is 10.2 Å². The van der Waals surface area contributed by atoms with Crippen LogP contribution in [0.15, 0.2) is 36.7 Å². The number of likely N-dealkylation sites (N-methyl/N-ethyl adjacent to an activating group) is 1. The van der Waals surface area contributed by atoms with Crippen LogP contribution in [0, 0.1) is 5.92 Å². The molecule has 3 heterocycles.